The van der Waals surface area contributed by atoms with Crippen LogP contribution >= 0.6 is 0 Å². The second-order valence-corrected chi connectivity index (χ2v) is 5.39. The summed E-state index contributed by atoms with van der Waals surface area (Å²) in [4.78, 5) is 14.1. The SMILES string of the molecule is Cc1ccc(O[C@H]2CCN(C(=O)[C@H]3CCOC3)C2)nn1. The van der Waals surface area contributed by atoms with Crippen LogP contribution in [0.15, 0.2) is 12.1 Å². The van der Waals surface area contributed by atoms with Gasteiger partial charge in [0.25, 0.3) is 0 Å². The maximum Gasteiger partial charge on any atom is 0.233 e. The smallest absolute Gasteiger partial charge is 0.233 e. The summed E-state index contributed by atoms with van der Waals surface area (Å²) < 4.78 is 11.0. The van der Waals surface area contributed by atoms with E-state index in [1.54, 1.807) is 0 Å². The van der Waals surface area contributed by atoms with Crippen molar-refractivity contribution in [1.29, 1.82) is 0 Å². The molecule has 1 aromatic rings. The summed E-state index contributed by atoms with van der Waals surface area (Å²) in [6.07, 6.45) is 1.69. The fraction of sp³-hybridized carbons (Fsp3) is 0.643. The first kappa shape index (κ1) is 13.3. The van der Waals surface area contributed by atoms with Crippen LogP contribution in [0.25, 0.3) is 0 Å². The van der Waals surface area contributed by atoms with Gasteiger partial charge >= 0.3 is 0 Å². The lowest BCUT2D eigenvalue weighted by atomic mass is 10.1. The molecule has 0 unspecified atom stereocenters. The number of likely N-dealkylation sites (tertiary alicyclic amines) is 1. The summed E-state index contributed by atoms with van der Waals surface area (Å²) in [5.41, 5.74) is 0.863. The van der Waals surface area contributed by atoms with E-state index in [1.165, 1.54) is 0 Å². The molecule has 6 heteroatoms. The van der Waals surface area contributed by atoms with Gasteiger partial charge in [-0.25, -0.2) is 0 Å². The van der Waals surface area contributed by atoms with Gasteiger partial charge in [-0.2, -0.15) is 5.10 Å². The summed E-state index contributed by atoms with van der Waals surface area (Å²) in [5, 5.41) is 7.96. The summed E-state index contributed by atoms with van der Waals surface area (Å²) in [6.45, 7) is 4.52. The van der Waals surface area contributed by atoms with Gasteiger partial charge in [0.15, 0.2) is 0 Å². The van der Waals surface area contributed by atoms with Gasteiger partial charge < -0.3 is 14.4 Å². The third kappa shape index (κ3) is 2.90. The summed E-state index contributed by atoms with van der Waals surface area (Å²) in [6, 6.07) is 3.69. The molecule has 108 valence electrons. The Balaban J connectivity index is 1.54. The molecule has 3 heterocycles. The third-order valence-corrected chi connectivity index (χ3v) is 3.80. The Labute approximate surface area is 118 Å². The second-order valence-electron chi connectivity index (χ2n) is 5.39. The largest absolute Gasteiger partial charge is 0.471 e. The Morgan fingerprint density at radius 3 is 3.00 bits per heavy atom. The standard InChI is InChI=1S/C14H19N3O3/c1-10-2-3-13(16-15-10)20-12-4-6-17(8-12)14(18)11-5-7-19-9-11/h2-3,11-12H,4-9H2,1H3/t11-,12-/m0/s1. The van der Waals surface area contributed by atoms with Crippen LogP contribution < -0.4 is 4.74 Å². The lowest BCUT2D eigenvalue weighted by Crippen LogP contribution is -2.36. The van der Waals surface area contributed by atoms with E-state index in [0.29, 0.717) is 25.6 Å². The fourth-order valence-electron chi connectivity index (χ4n) is 2.63. The maximum absolute atomic E-state index is 12.3. The van der Waals surface area contributed by atoms with E-state index >= 15 is 0 Å². The fourth-order valence-corrected chi connectivity index (χ4v) is 2.63. The van der Waals surface area contributed by atoms with Crippen molar-refractivity contribution in [1.82, 2.24) is 15.1 Å². The quantitative estimate of drug-likeness (QED) is 0.817. The van der Waals surface area contributed by atoms with Gasteiger partial charge in [-0.15, -0.1) is 5.10 Å². The lowest BCUT2D eigenvalue weighted by molar-refractivity contribution is -0.134. The van der Waals surface area contributed by atoms with E-state index in [4.69, 9.17) is 9.47 Å². The normalized spacial score (nSPS) is 25.9. The summed E-state index contributed by atoms with van der Waals surface area (Å²) in [5.74, 6) is 0.760. The molecule has 0 aromatic carbocycles. The van der Waals surface area contributed by atoms with Crippen LogP contribution in [0.5, 0.6) is 5.88 Å². The highest BCUT2D eigenvalue weighted by molar-refractivity contribution is 5.79. The average Bonchev–Trinajstić information content (AvgIpc) is 3.12. The van der Waals surface area contributed by atoms with Gasteiger partial charge in [0.1, 0.15) is 6.10 Å². The first-order valence-electron chi connectivity index (χ1n) is 7.06. The van der Waals surface area contributed by atoms with Crippen molar-refractivity contribution in [3.63, 3.8) is 0 Å². The van der Waals surface area contributed by atoms with Crippen LogP contribution in [0.2, 0.25) is 0 Å². The first-order valence-corrected chi connectivity index (χ1v) is 7.06. The molecule has 0 radical (unpaired) electrons. The lowest BCUT2D eigenvalue weighted by Gasteiger charge is -2.19. The molecule has 2 fully saturated rings. The van der Waals surface area contributed by atoms with Crippen LogP contribution in [0.3, 0.4) is 0 Å². The molecule has 1 aromatic heterocycles. The Morgan fingerprint density at radius 2 is 2.30 bits per heavy atom. The average molecular weight is 277 g/mol. The van der Waals surface area contributed by atoms with Crippen molar-refractivity contribution in [2.45, 2.75) is 25.9 Å². The molecule has 0 N–H and O–H groups in total. The van der Waals surface area contributed by atoms with E-state index in [0.717, 1.165) is 25.1 Å². The molecule has 2 aliphatic rings. The Hall–Kier alpha value is -1.69. The molecule has 0 spiro atoms. The molecule has 0 bridgehead atoms. The molecule has 20 heavy (non-hydrogen) atoms. The number of hydrogen-bond acceptors (Lipinski definition) is 5. The molecule has 3 rings (SSSR count). The Morgan fingerprint density at radius 1 is 1.40 bits per heavy atom. The third-order valence-electron chi connectivity index (χ3n) is 3.80. The van der Waals surface area contributed by atoms with Crippen molar-refractivity contribution in [3.8, 4) is 5.88 Å². The van der Waals surface area contributed by atoms with Crippen molar-refractivity contribution < 1.29 is 14.3 Å². The zero-order chi connectivity index (χ0) is 13.9. The summed E-state index contributed by atoms with van der Waals surface area (Å²) >= 11 is 0. The highest BCUT2D eigenvalue weighted by Gasteiger charge is 2.33. The van der Waals surface area contributed by atoms with Crippen LogP contribution in [-0.2, 0) is 9.53 Å². The molecular weight excluding hydrogens is 258 g/mol. The number of ether oxygens (including phenoxy) is 2. The van der Waals surface area contributed by atoms with E-state index in [-0.39, 0.29) is 17.9 Å². The predicted molar refractivity (Wildman–Crippen MR) is 71.3 cm³/mol. The molecule has 2 saturated heterocycles. The molecule has 2 atom stereocenters. The Bertz CT molecular complexity index is 471. The van der Waals surface area contributed by atoms with E-state index < -0.39 is 0 Å². The van der Waals surface area contributed by atoms with Gasteiger partial charge in [0.2, 0.25) is 11.8 Å². The summed E-state index contributed by atoms with van der Waals surface area (Å²) in [7, 11) is 0. The zero-order valence-corrected chi connectivity index (χ0v) is 11.6. The maximum atomic E-state index is 12.3. The molecule has 2 aliphatic heterocycles. The highest BCUT2D eigenvalue weighted by Crippen LogP contribution is 2.21. The van der Waals surface area contributed by atoms with Crippen LogP contribution in [0.4, 0.5) is 0 Å². The molecule has 1 amide bonds. The minimum atomic E-state index is 0.0123. The van der Waals surface area contributed by atoms with Crippen LogP contribution in [0.1, 0.15) is 18.5 Å². The number of nitrogens with zero attached hydrogens (tertiary/aromatic N) is 3. The molecular formula is C14H19N3O3. The Kier molecular flexibility index (Phi) is 3.82. The van der Waals surface area contributed by atoms with Crippen molar-refractivity contribution >= 4 is 5.91 Å². The monoisotopic (exact) mass is 277 g/mol. The number of carbonyl (C=O) groups is 1. The molecule has 6 nitrogen and oxygen atoms in total. The van der Waals surface area contributed by atoms with Crippen LogP contribution in [0, 0.1) is 12.8 Å². The number of amides is 1. The predicted octanol–water partition coefficient (Wildman–Crippen LogP) is 0.801. The second kappa shape index (κ2) is 5.75. The number of carbonyl (C=O) groups excluding carboxylic acids is 1. The highest BCUT2D eigenvalue weighted by atomic mass is 16.5. The van der Waals surface area contributed by atoms with Crippen molar-refractivity contribution in [2.75, 3.05) is 26.3 Å². The van der Waals surface area contributed by atoms with Gasteiger partial charge in [-0.3, -0.25) is 4.79 Å². The van der Waals surface area contributed by atoms with Crippen molar-refractivity contribution in [2.24, 2.45) is 5.92 Å². The zero-order valence-electron chi connectivity index (χ0n) is 11.6. The van der Waals surface area contributed by atoms with E-state index in [2.05, 4.69) is 10.2 Å². The van der Waals surface area contributed by atoms with Gasteiger partial charge in [-0.05, 0) is 19.4 Å². The minimum Gasteiger partial charge on any atom is -0.471 e. The van der Waals surface area contributed by atoms with Gasteiger partial charge in [0.05, 0.1) is 24.8 Å². The van der Waals surface area contributed by atoms with Crippen LogP contribution in [-0.4, -0.2) is 53.4 Å². The topological polar surface area (TPSA) is 64.5 Å². The minimum absolute atomic E-state index is 0.0123. The molecule has 0 aliphatic carbocycles. The number of hydrogen-bond donors (Lipinski definition) is 0. The number of aryl methyl sites for hydroxylation is 1. The van der Waals surface area contributed by atoms with Gasteiger partial charge in [-0.1, -0.05) is 0 Å². The van der Waals surface area contributed by atoms with Crippen molar-refractivity contribution in [3.05, 3.63) is 17.8 Å². The molecule has 0 saturated carbocycles. The van der Waals surface area contributed by atoms with E-state index in [1.807, 2.05) is 24.0 Å². The van der Waals surface area contributed by atoms with Gasteiger partial charge in [0, 0.05) is 25.6 Å². The van der Waals surface area contributed by atoms with E-state index in [9.17, 15) is 4.79 Å². The number of rotatable bonds is 3. The number of aromatic nitrogens is 2. The first-order chi connectivity index (χ1) is 9.72.